The zero-order valence-electron chi connectivity index (χ0n) is 10.3. The molecule has 3 heteroatoms. The molecule has 1 N–H and O–H groups in total. The maximum absolute atomic E-state index is 3.63. The second-order valence-electron chi connectivity index (χ2n) is 4.93. The van der Waals surface area contributed by atoms with Gasteiger partial charge in [-0.05, 0) is 42.7 Å². The molecule has 0 atom stereocenters. The molecule has 0 aliphatic heterocycles. The highest BCUT2D eigenvalue weighted by Crippen LogP contribution is 2.26. The Morgan fingerprint density at radius 2 is 2.06 bits per heavy atom. The molecule has 2 rings (SSSR count). The summed E-state index contributed by atoms with van der Waals surface area (Å²) < 4.78 is 1.38. The minimum Gasteiger partial charge on any atom is -0.308 e. The second kappa shape index (κ2) is 5.51. The Hall–Kier alpha value is -0.380. The number of rotatable bonds is 5. The molecule has 1 nitrogen and oxygen atoms in total. The molecule has 0 amide bonds. The Morgan fingerprint density at radius 1 is 1.29 bits per heavy atom. The third-order valence-electron chi connectivity index (χ3n) is 3.04. The van der Waals surface area contributed by atoms with Crippen LogP contribution in [0, 0.1) is 0 Å². The molecule has 0 spiro atoms. The van der Waals surface area contributed by atoms with E-state index in [9.17, 15) is 0 Å². The van der Waals surface area contributed by atoms with E-state index in [0.717, 1.165) is 18.3 Å². The quantitative estimate of drug-likeness (QED) is 0.798. The summed E-state index contributed by atoms with van der Waals surface area (Å²) in [5.74, 6) is 0. The molecule has 0 aliphatic carbocycles. The van der Waals surface area contributed by atoms with Crippen molar-refractivity contribution in [2.75, 3.05) is 5.33 Å². The van der Waals surface area contributed by atoms with Crippen molar-refractivity contribution < 1.29 is 0 Å². The van der Waals surface area contributed by atoms with Crippen molar-refractivity contribution in [1.82, 2.24) is 5.32 Å². The van der Waals surface area contributed by atoms with Gasteiger partial charge in [-0.15, -0.1) is 11.3 Å². The maximum atomic E-state index is 3.63. The largest absolute Gasteiger partial charge is 0.308 e. The third-order valence-corrected chi connectivity index (χ3v) is 4.45. The van der Waals surface area contributed by atoms with E-state index in [1.165, 1.54) is 15.6 Å². The van der Waals surface area contributed by atoms with Crippen molar-refractivity contribution in [3.05, 3.63) is 35.2 Å². The molecule has 1 heterocycles. The SMILES string of the molecule is CC(C)(CCBr)NCc1csc2ccccc12. The van der Waals surface area contributed by atoms with Gasteiger partial charge in [-0.1, -0.05) is 34.1 Å². The lowest BCUT2D eigenvalue weighted by molar-refractivity contribution is 0.379. The number of halogens is 1. The molecule has 0 aliphatic rings. The van der Waals surface area contributed by atoms with Crippen LogP contribution >= 0.6 is 27.3 Å². The molecule has 0 fully saturated rings. The number of hydrogen-bond donors (Lipinski definition) is 1. The van der Waals surface area contributed by atoms with Gasteiger partial charge in [-0.3, -0.25) is 0 Å². The summed E-state index contributed by atoms with van der Waals surface area (Å²) in [4.78, 5) is 0. The van der Waals surface area contributed by atoms with Crippen molar-refractivity contribution in [3.63, 3.8) is 0 Å². The van der Waals surface area contributed by atoms with E-state index in [4.69, 9.17) is 0 Å². The van der Waals surface area contributed by atoms with Crippen LogP contribution in [0.2, 0.25) is 0 Å². The summed E-state index contributed by atoms with van der Waals surface area (Å²) in [7, 11) is 0. The van der Waals surface area contributed by atoms with E-state index < -0.39 is 0 Å². The molecule has 2 aromatic rings. The third kappa shape index (κ3) is 3.30. The average molecular weight is 312 g/mol. The first-order valence-corrected chi connectivity index (χ1v) is 7.88. The van der Waals surface area contributed by atoms with Gasteiger partial charge in [-0.2, -0.15) is 0 Å². The fraction of sp³-hybridized carbons (Fsp3) is 0.429. The van der Waals surface area contributed by atoms with E-state index in [0.29, 0.717) is 0 Å². The van der Waals surface area contributed by atoms with Crippen molar-refractivity contribution in [2.24, 2.45) is 0 Å². The molecular weight excluding hydrogens is 294 g/mol. The molecule has 17 heavy (non-hydrogen) atoms. The van der Waals surface area contributed by atoms with Crippen LogP contribution in [0.25, 0.3) is 10.1 Å². The molecule has 0 unspecified atom stereocenters. The van der Waals surface area contributed by atoms with Gasteiger partial charge in [0.2, 0.25) is 0 Å². The number of hydrogen-bond acceptors (Lipinski definition) is 2. The normalized spacial score (nSPS) is 12.2. The Bertz CT molecular complexity index is 490. The predicted octanol–water partition coefficient (Wildman–Crippen LogP) is 4.55. The standard InChI is InChI=1S/C14H18BrNS/c1-14(2,7-8-15)16-9-11-10-17-13-6-4-3-5-12(11)13/h3-6,10,16H,7-9H2,1-2H3. The van der Waals surface area contributed by atoms with Crippen molar-refractivity contribution in [1.29, 1.82) is 0 Å². The minimum atomic E-state index is 0.187. The second-order valence-corrected chi connectivity index (χ2v) is 6.64. The number of fused-ring (bicyclic) bond motifs is 1. The minimum absolute atomic E-state index is 0.187. The Morgan fingerprint density at radius 3 is 2.82 bits per heavy atom. The molecule has 0 bridgehead atoms. The highest BCUT2D eigenvalue weighted by Gasteiger charge is 2.16. The van der Waals surface area contributed by atoms with Crippen LogP contribution in [0.3, 0.4) is 0 Å². The summed E-state index contributed by atoms with van der Waals surface area (Å²) in [6.07, 6.45) is 1.13. The van der Waals surface area contributed by atoms with Gasteiger partial charge in [0.1, 0.15) is 0 Å². The Balaban J connectivity index is 2.09. The number of benzene rings is 1. The number of thiophene rings is 1. The molecule has 1 aromatic heterocycles. The van der Waals surface area contributed by atoms with Crippen LogP contribution in [0.15, 0.2) is 29.6 Å². The summed E-state index contributed by atoms with van der Waals surface area (Å²) in [6, 6.07) is 8.61. The smallest absolute Gasteiger partial charge is 0.0346 e. The molecule has 0 saturated carbocycles. The van der Waals surface area contributed by atoms with E-state index in [2.05, 4.69) is 64.7 Å². The Kier molecular flexibility index (Phi) is 4.23. The highest BCUT2D eigenvalue weighted by molar-refractivity contribution is 9.09. The Labute approximate surface area is 115 Å². The zero-order chi connectivity index (χ0) is 12.3. The molecule has 0 saturated heterocycles. The van der Waals surface area contributed by atoms with Crippen LogP contribution in [0.5, 0.6) is 0 Å². The average Bonchev–Trinajstić information content (AvgIpc) is 2.70. The van der Waals surface area contributed by atoms with Gasteiger partial charge in [0.15, 0.2) is 0 Å². The van der Waals surface area contributed by atoms with Crippen molar-refractivity contribution in [3.8, 4) is 0 Å². The van der Waals surface area contributed by atoms with E-state index >= 15 is 0 Å². The number of alkyl halides is 1. The predicted molar refractivity (Wildman–Crippen MR) is 81.2 cm³/mol. The van der Waals surface area contributed by atoms with Crippen molar-refractivity contribution >= 4 is 37.4 Å². The van der Waals surface area contributed by atoms with E-state index in [1.54, 1.807) is 0 Å². The van der Waals surface area contributed by atoms with Crippen LogP contribution in [-0.2, 0) is 6.54 Å². The lowest BCUT2D eigenvalue weighted by atomic mass is 10.0. The maximum Gasteiger partial charge on any atom is 0.0346 e. The first-order chi connectivity index (χ1) is 8.12. The van der Waals surface area contributed by atoms with Crippen LogP contribution < -0.4 is 5.32 Å². The van der Waals surface area contributed by atoms with E-state index in [-0.39, 0.29) is 5.54 Å². The topological polar surface area (TPSA) is 12.0 Å². The summed E-state index contributed by atoms with van der Waals surface area (Å²) in [6.45, 7) is 5.45. The first kappa shape index (κ1) is 13.1. The first-order valence-electron chi connectivity index (χ1n) is 5.88. The highest BCUT2D eigenvalue weighted by atomic mass is 79.9. The van der Waals surface area contributed by atoms with Gasteiger partial charge < -0.3 is 5.32 Å². The van der Waals surface area contributed by atoms with Crippen LogP contribution in [0.1, 0.15) is 25.8 Å². The fourth-order valence-electron chi connectivity index (χ4n) is 1.83. The number of nitrogens with one attached hydrogen (secondary N) is 1. The van der Waals surface area contributed by atoms with Gasteiger partial charge in [0.05, 0.1) is 0 Å². The zero-order valence-corrected chi connectivity index (χ0v) is 12.7. The van der Waals surface area contributed by atoms with E-state index in [1.807, 2.05) is 11.3 Å². The fourth-order valence-corrected chi connectivity index (χ4v) is 3.78. The molecule has 0 radical (unpaired) electrons. The lowest BCUT2D eigenvalue weighted by Gasteiger charge is -2.25. The van der Waals surface area contributed by atoms with Gasteiger partial charge >= 0.3 is 0 Å². The molecule has 1 aromatic carbocycles. The monoisotopic (exact) mass is 311 g/mol. The van der Waals surface area contributed by atoms with Crippen LogP contribution in [-0.4, -0.2) is 10.9 Å². The summed E-state index contributed by atoms with van der Waals surface area (Å²) in [5.41, 5.74) is 1.60. The van der Waals surface area contributed by atoms with Crippen molar-refractivity contribution in [2.45, 2.75) is 32.4 Å². The van der Waals surface area contributed by atoms with Gasteiger partial charge in [0, 0.05) is 22.1 Å². The summed E-state index contributed by atoms with van der Waals surface area (Å²) >= 11 is 5.33. The molecular formula is C14H18BrNS. The lowest BCUT2D eigenvalue weighted by Crippen LogP contribution is -2.38. The van der Waals surface area contributed by atoms with Gasteiger partial charge in [0.25, 0.3) is 0 Å². The van der Waals surface area contributed by atoms with Crippen LogP contribution in [0.4, 0.5) is 0 Å². The van der Waals surface area contributed by atoms with Gasteiger partial charge in [-0.25, -0.2) is 0 Å². The summed E-state index contributed by atoms with van der Waals surface area (Å²) in [5, 5.41) is 8.32. The molecule has 92 valence electrons.